The number of aryl methyl sites for hydroxylation is 1. The number of para-hydroxylation sites is 1. The SMILES string of the molecule is Cc1c(C(=O)O[C@@H](C)C(=O)NC2CC2)oc2ccccc12. The molecule has 1 amide bonds. The summed E-state index contributed by atoms with van der Waals surface area (Å²) >= 11 is 0. The second-order valence-corrected chi connectivity index (χ2v) is 5.38. The Morgan fingerprint density at radius 1 is 1.33 bits per heavy atom. The zero-order chi connectivity index (χ0) is 15.0. The quantitative estimate of drug-likeness (QED) is 0.877. The molecule has 1 N–H and O–H groups in total. The van der Waals surface area contributed by atoms with Gasteiger partial charge in [-0.3, -0.25) is 4.79 Å². The summed E-state index contributed by atoms with van der Waals surface area (Å²) in [4.78, 5) is 24.0. The summed E-state index contributed by atoms with van der Waals surface area (Å²) in [5.74, 6) is -0.718. The number of ether oxygens (including phenoxy) is 1. The van der Waals surface area contributed by atoms with Crippen LogP contribution in [0.3, 0.4) is 0 Å². The number of rotatable bonds is 4. The van der Waals surface area contributed by atoms with Crippen molar-refractivity contribution in [3.05, 3.63) is 35.6 Å². The Kier molecular flexibility index (Phi) is 3.41. The molecule has 1 heterocycles. The van der Waals surface area contributed by atoms with E-state index < -0.39 is 12.1 Å². The topological polar surface area (TPSA) is 68.5 Å². The number of hydrogen-bond acceptors (Lipinski definition) is 4. The highest BCUT2D eigenvalue weighted by molar-refractivity contribution is 5.97. The average molecular weight is 287 g/mol. The number of amides is 1. The molecule has 1 aliphatic rings. The first-order valence-electron chi connectivity index (χ1n) is 7.05. The van der Waals surface area contributed by atoms with Crippen molar-refractivity contribution in [3.63, 3.8) is 0 Å². The number of furan rings is 1. The standard InChI is InChI=1S/C16H17NO4/c1-9-12-5-3-4-6-13(12)21-14(9)16(19)20-10(2)15(18)17-11-7-8-11/h3-6,10-11H,7-8H2,1-2H3,(H,17,18)/t10-/m0/s1. The smallest absolute Gasteiger partial charge is 0.375 e. The summed E-state index contributed by atoms with van der Waals surface area (Å²) in [6.07, 6.45) is 1.16. The van der Waals surface area contributed by atoms with Crippen LogP contribution in [0.5, 0.6) is 0 Å². The number of carbonyl (C=O) groups is 2. The fourth-order valence-corrected chi connectivity index (χ4v) is 2.18. The van der Waals surface area contributed by atoms with Crippen molar-refractivity contribution in [2.75, 3.05) is 0 Å². The predicted octanol–water partition coefficient (Wildman–Crippen LogP) is 2.57. The van der Waals surface area contributed by atoms with E-state index in [1.54, 1.807) is 19.9 Å². The van der Waals surface area contributed by atoms with Gasteiger partial charge in [-0.15, -0.1) is 0 Å². The van der Waals surface area contributed by atoms with Crippen molar-refractivity contribution >= 4 is 22.8 Å². The molecule has 110 valence electrons. The maximum Gasteiger partial charge on any atom is 0.375 e. The van der Waals surface area contributed by atoms with E-state index in [-0.39, 0.29) is 17.7 Å². The number of hydrogen-bond donors (Lipinski definition) is 1. The molecule has 2 aromatic rings. The number of fused-ring (bicyclic) bond motifs is 1. The van der Waals surface area contributed by atoms with Crippen molar-refractivity contribution in [3.8, 4) is 0 Å². The third-order valence-corrected chi connectivity index (χ3v) is 3.61. The largest absolute Gasteiger partial charge is 0.449 e. The van der Waals surface area contributed by atoms with Crippen LogP contribution in [0.25, 0.3) is 11.0 Å². The van der Waals surface area contributed by atoms with E-state index in [1.165, 1.54) is 0 Å². The van der Waals surface area contributed by atoms with Gasteiger partial charge in [-0.1, -0.05) is 18.2 Å². The summed E-state index contributed by atoms with van der Waals surface area (Å²) in [6.45, 7) is 3.37. The van der Waals surface area contributed by atoms with Gasteiger partial charge in [0.1, 0.15) is 5.58 Å². The van der Waals surface area contributed by atoms with Gasteiger partial charge >= 0.3 is 5.97 Å². The molecule has 1 aromatic carbocycles. The van der Waals surface area contributed by atoms with E-state index in [1.807, 2.05) is 18.2 Å². The molecule has 0 radical (unpaired) electrons. The lowest BCUT2D eigenvalue weighted by molar-refractivity contribution is -0.129. The molecule has 1 aromatic heterocycles. The van der Waals surface area contributed by atoms with Crippen LogP contribution in [0.2, 0.25) is 0 Å². The molecule has 5 heteroatoms. The van der Waals surface area contributed by atoms with Gasteiger partial charge in [0, 0.05) is 17.0 Å². The molecule has 0 bridgehead atoms. The lowest BCUT2D eigenvalue weighted by Crippen LogP contribution is -2.37. The summed E-state index contributed by atoms with van der Waals surface area (Å²) < 4.78 is 10.7. The summed E-state index contributed by atoms with van der Waals surface area (Å²) in [5.41, 5.74) is 1.36. The number of benzene rings is 1. The first-order chi connectivity index (χ1) is 10.1. The Balaban J connectivity index is 1.74. The second kappa shape index (κ2) is 5.24. The number of carbonyl (C=O) groups excluding carboxylic acids is 2. The van der Waals surface area contributed by atoms with E-state index >= 15 is 0 Å². The Bertz CT molecular complexity index is 699. The first-order valence-corrected chi connectivity index (χ1v) is 7.05. The van der Waals surface area contributed by atoms with Crippen LogP contribution in [-0.2, 0) is 9.53 Å². The van der Waals surface area contributed by atoms with Crippen LogP contribution in [0, 0.1) is 6.92 Å². The fourth-order valence-electron chi connectivity index (χ4n) is 2.18. The summed E-state index contributed by atoms with van der Waals surface area (Å²) in [6, 6.07) is 7.64. The maximum atomic E-state index is 12.2. The van der Waals surface area contributed by atoms with Crippen LogP contribution in [0.4, 0.5) is 0 Å². The molecule has 21 heavy (non-hydrogen) atoms. The molecule has 0 aliphatic heterocycles. The monoisotopic (exact) mass is 287 g/mol. The third kappa shape index (κ3) is 2.77. The van der Waals surface area contributed by atoms with Crippen molar-refractivity contribution in [2.45, 2.75) is 38.8 Å². The molecule has 0 unspecified atom stereocenters. The van der Waals surface area contributed by atoms with Gasteiger partial charge in [0.25, 0.3) is 5.91 Å². The Hall–Kier alpha value is -2.30. The summed E-state index contributed by atoms with van der Waals surface area (Å²) in [5, 5.41) is 3.68. The minimum atomic E-state index is -0.828. The Morgan fingerprint density at radius 3 is 2.71 bits per heavy atom. The normalized spacial score (nSPS) is 15.7. The molecule has 1 saturated carbocycles. The van der Waals surface area contributed by atoms with Crippen LogP contribution >= 0.6 is 0 Å². The molecule has 0 spiro atoms. The maximum absolute atomic E-state index is 12.2. The average Bonchev–Trinajstić information content (AvgIpc) is 3.21. The van der Waals surface area contributed by atoms with E-state index in [0.717, 1.165) is 23.8 Å². The Morgan fingerprint density at radius 2 is 2.05 bits per heavy atom. The van der Waals surface area contributed by atoms with Crippen LogP contribution in [0.1, 0.15) is 35.9 Å². The molecule has 0 saturated heterocycles. The van der Waals surface area contributed by atoms with Gasteiger partial charge in [0.2, 0.25) is 5.76 Å². The highest BCUT2D eigenvalue weighted by Crippen LogP contribution is 2.25. The van der Waals surface area contributed by atoms with Crippen LogP contribution < -0.4 is 5.32 Å². The number of esters is 1. The van der Waals surface area contributed by atoms with Gasteiger partial charge < -0.3 is 14.5 Å². The van der Waals surface area contributed by atoms with E-state index in [2.05, 4.69) is 5.32 Å². The molecular formula is C16H17NO4. The van der Waals surface area contributed by atoms with E-state index in [0.29, 0.717) is 5.58 Å². The fraction of sp³-hybridized carbons (Fsp3) is 0.375. The van der Waals surface area contributed by atoms with Gasteiger partial charge in [-0.2, -0.15) is 0 Å². The molecule has 1 atom stereocenters. The number of nitrogens with one attached hydrogen (secondary N) is 1. The van der Waals surface area contributed by atoms with Gasteiger partial charge in [-0.05, 0) is 32.8 Å². The van der Waals surface area contributed by atoms with E-state index in [9.17, 15) is 9.59 Å². The second-order valence-electron chi connectivity index (χ2n) is 5.38. The van der Waals surface area contributed by atoms with Crippen molar-refractivity contribution in [1.29, 1.82) is 0 Å². The van der Waals surface area contributed by atoms with Gasteiger partial charge in [-0.25, -0.2) is 4.79 Å². The minimum Gasteiger partial charge on any atom is -0.449 e. The lowest BCUT2D eigenvalue weighted by Gasteiger charge is -2.12. The summed E-state index contributed by atoms with van der Waals surface area (Å²) in [7, 11) is 0. The molecule has 1 fully saturated rings. The highest BCUT2D eigenvalue weighted by atomic mass is 16.6. The molecular weight excluding hydrogens is 270 g/mol. The molecule has 1 aliphatic carbocycles. The first kappa shape index (κ1) is 13.7. The van der Waals surface area contributed by atoms with Crippen molar-refractivity contribution < 1.29 is 18.7 Å². The zero-order valence-electron chi connectivity index (χ0n) is 12.0. The lowest BCUT2D eigenvalue weighted by atomic mass is 10.1. The zero-order valence-corrected chi connectivity index (χ0v) is 12.0. The molecule has 3 rings (SSSR count). The van der Waals surface area contributed by atoms with E-state index in [4.69, 9.17) is 9.15 Å². The van der Waals surface area contributed by atoms with Crippen molar-refractivity contribution in [1.82, 2.24) is 5.32 Å². The molecule has 5 nitrogen and oxygen atoms in total. The predicted molar refractivity (Wildman–Crippen MR) is 77.0 cm³/mol. The van der Waals surface area contributed by atoms with Crippen LogP contribution in [-0.4, -0.2) is 24.0 Å². The minimum absolute atomic E-state index is 0.155. The van der Waals surface area contributed by atoms with Crippen molar-refractivity contribution in [2.24, 2.45) is 0 Å². The van der Waals surface area contributed by atoms with Crippen LogP contribution in [0.15, 0.2) is 28.7 Å². The Labute approximate surface area is 122 Å². The van der Waals surface area contributed by atoms with Gasteiger partial charge in [0.15, 0.2) is 6.10 Å². The highest BCUT2D eigenvalue weighted by Gasteiger charge is 2.28. The van der Waals surface area contributed by atoms with Gasteiger partial charge in [0.05, 0.1) is 0 Å². The third-order valence-electron chi connectivity index (χ3n) is 3.61.